The first kappa shape index (κ1) is 35.1. The first-order valence-corrected chi connectivity index (χ1v) is 17.1. The average Bonchev–Trinajstić information content (AvgIpc) is 3.94. The van der Waals surface area contributed by atoms with Crippen LogP contribution in [0.1, 0.15) is 28.9 Å². The van der Waals surface area contributed by atoms with E-state index in [1.807, 2.05) is 0 Å². The first-order valence-electron chi connectivity index (χ1n) is 16.7. The molecule has 2 aliphatic heterocycles. The van der Waals surface area contributed by atoms with Gasteiger partial charge >= 0.3 is 23.8 Å². The van der Waals surface area contributed by atoms with Gasteiger partial charge in [0.05, 0.1) is 24.0 Å². The summed E-state index contributed by atoms with van der Waals surface area (Å²) in [5, 5.41) is 36.8. The number of aromatic nitrogens is 5. The summed E-state index contributed by atoms with van der Waals surface area (Å²) in [6.07, 6.45) is 2.89. The predicted octanol–water partition coefficient (Wildman–Crippen LogP) is 2.91. The van der Waals surface area contributed by atoms with Crippen molar-refractivity contribution in [1.29, 1.82) is 0 Å². The molecular weight excluding hydrogens is 708 g/mol. The number of nitrogens with one attached hydrogen (secondary N) is 3. The largest absolute Gasteiger partial charge is 0.477 e. The molecule has 272 valence electrons. The van der Waals surface area contributed by atoms with Crippen LogP contribution >= 0.6 is 11.6 Å². The number of tetrazole rings is 1. The highest BCUT2D eigenvalue weighted by molar-refractivity contribution is 6.41. The van der Waals surface area contributed by atoms with Crippen LogP contribution in [0.3, 0.4) is 0 Å². The Balaban J connectivity index is 1.14. The Bertz CT molecular complexity index is 2210. The molecular formula is C35H33ClN10O7. The Morgan fingerprint density at radius 1 is 0.925 bits per heavy atom. The molecule has 17 nitrogen and oxygen atoms in total. The summed E-state index contributed by atoms with van der Waals surface area (Å²) in [4.78, 5) is 73.0. The number of nitrogens with zero attached hydrogens (tertiary/aromatic N) is 7. The number of carbonyl (C=O) groups is 5. The highest BCUT2D eigenvalue weighted by atomic mass is 35.5. The summed E-state index contributed by atoms with van der Waals surface area (Å²) >= 11 is 6.29. The fourth-order valence-electron chi connectivity index (χ4n) is 6.69. The molecule has 4 heterocycles. The minimum absolute atomic E-state index is 0.0143. The Kier molecular flexibility index (Phi) is 9.75. The molecule has 0 bridgehead atoms. The molecule has 3 aromatic carbocycles. The number of benzene rings is 3. The van der Waals surface area contributed by atoms with E-state index in [1.165, 1.54) is 32.9 Å². The van der Waals surface area contributed by atoms with Crippen LogP contribution in [0.15, 0.2) is 73.1 Å². The van der Waals surface area contributed by atoms with Gasteiger partial charge in [0.25, 0.3) is 0 Å². The predicted molar refractivity (Wildman–Crippen MR) is 192 cm³/mol. The number of amides is 5. The maximum atomic E-state index is 14.1. The van der Waals surface area contributed by atoms with Crippen molar-refractivity contribution in [2.24, 2.45) is 0 Å². The van der Waals surface area contributed by atoms with Gasteiger partial charge in [-0.05, 0) is 83.4 Å². The zero-order valence-corrected chi connectivity index (χ0v) is 28.7. The number of aromatic amines is 1. The van der Waals surface area contributed by atoms with E-state index in [0.29, 0.717) is 50.8 Å². The van der Waals surface area contributed by atoms with Crippen molar-refractivity contribution in [3.05, 3.63) is 89.3 Å². The number of aromatic carboxylic acids is 1. The second-order valence-corrected chi connectivity index (χ2v) is 13.1. The van der Waals surface area contributed by atoms with Crippen molar-refractivity contribution < 1.29 is 34.2 Å². The molecule has 2 aromatic heterocycles. The number of hydrogen-bond donors (Lipinski definition) is 5. The molecule has 0 radical (unpaired) electrons. The maximum Gasteiger partial charge on any atom is 0.352 e. The monoisotopic (exact) mass is 740 g/mol. The van der Waals surface area contributed by atoms with Gasteiger partial charge < -0.3 is 40.5 Å². The fourth-order valence-corrected chi connectivity index (χ4v) is 6.85. The number of carboxylic acids is 1. The third kappa shape index (κ3) is 7.24. The molecule has 2 fully saturated rings. The molecule has 2 saturated heterocycles. The van der Waals surface area contributed by atoms with E-state index in [1.54, 1.807) is 59.5 Å². The van der Waals surface area contributed by atoms with Crippen molar-refractivity contribution >= 4 is 69.3 Å². The number of carboxylic acid groups (broad SMARTS) is 1. The van der Waals surface area contributed by atoms with E-state index in [4.69, 9.17) is 11.6 Å². The number of carbonyl (C=O) groups excluding carboxylic acids is 4. The van der Waals surface area contributed by atoms with Gasteiger partial charge in [-0.1, -0.05) is 23.7 Å². The van der Waals surface area contributed by atoms with Crippen LogP contribution in [0.5, 0.6) is 0 Å². The van der Waals surface area contributed by atoms with E-state index in [2.05, 4.69) is 31.1 Å². The molecule has 7 rings (SSSR count). The van der Waals surface area contributed by atoms with Crippen molar-refractivity contribution in [2.75, 3.05) is 41.8 Å². The zero-order valence-electron chi connectivity index (χ0n) is 28.0. The third-order valence-corrected chi connectivity index (χ3v) is 9.59. The standard InChI is InChI=1S/C35H33ClN10O7/c36-22-5-10-28(46-19-37-41-42-46)29(17-22)44-12-13-45(33(50)32(44)49)30(31(48)38-24-8-9-26-21(15-24)16-27(40-26)34(51)52)14-20-3-6-23(7-4-20)39-35(53)43-11-1-2-25(43)18-47/h3-10,15-17,19,25,30,40,47H,1-2,11-14,18H2,(H,38,48)(H,39,53)(H,51,52)/t25-,30+/m1/s1. The van der Waals surface area contributed by atoms with Gasteiger partial charge in [-0.15, -0.1) is 5.10 Å². The van der Waals surface area contributed by atoms with Gasteiger partial charge in [0.2, 0.25) is 5.91 Å². The van der Waals surface area contributed by atoms with Crippen LogP contribution in [0.25, 0.3) is 16.6 Å². The van der Waals surface area contributed by atoms with Gasteiger partial charge in [0.15, 0.2) is 0 Å². The van der Waals surface area contributed by atoms with Gasteiger partial charge in [-0.3, -0.25) is 14.4 Å². The van der Waals surface area contributed by atoms with Crippen molar-refractivity contribution in [3.8, 4) is 5.69 Å². The molecule has 0 unspecified atom stereocenters. The zero-order chi connectivity index (χ0) is 37.2. The van der Waals surface area contributed by atoms with E-state index >= 15 is 0 Å². The lowest BCUT2D eigenvalue weighted by Crippen LogP contribution is -2.60. The van der Waals surface area contributed by atoms with E-state index in [0.717, 1.165) is 12.8 Å². The summed E-state index contributed by atoms with van der Waals surface area (Å²) < 4.78 is 1.34. The van der Waals surface area contributed by atoms with Crippen molar-refractivity contribution in [3.63, 3.8) is 0 Å². The number of rotatable bonds is 10. The van der Waals surface area contributed by atoms with E-state index < -0.39 is 29.7 Å². The highest BCUT2D eigenvalue weighted by Crippen LogP contribution is 2.30. The number of anilines is 3. The number of aliphatic hydroxyl groups is 1. The number of hydrogen-bond acceptors (Lipinski definition) is 9. The van der Waals surface area contributed by atoms with Gasteiger partial charge in [-0.2, -0.15) is 4.68 Å². The second-order valence-electron chi connectivity index (χ2n) is 12.6. The Morgan fingerprint density at radius 2 is 1.72 bits per heavy atom. The first-order chi connectivity index (χ1) is 25.6. The lowest BCUT2D eigenvalue weighted by molar-refractivity contribution is -0.149. The smallest absolute Gasteiger partial charge is 0.352 e. The molecule has 5 amide bonds. The molecule has 0 aliphatic carbocycles. The second kappa shape index (κ2) is 14.7. The number of likely N-dealkylation sites (tertiary alicyclic amines) is 1. The van der Waals surface area contributed by atoms with Crippen LogP contribution in [0.2, 0.25) is 5.02 Å². The summed E-state index contributed by atoms with van der Waals surface area (Å²) in [6.45, 7) is 0.430. The van der Waals surface area contributed by atoms with Crippen molar-refractivity contribution in [2.45, 2.75) is 31.3 Å². The number of H-pyrrole nitrogens is 1. The SMILES string of the molecule is O=C(O)c1cc2cc(NC(=O)[C@H](Cc3ccc(NC(=O)N4CCC[C@@H]4CO)cc3)N3CCN(c4cc(Cl)ccc4-n4cnnn4)C(=O)C3=O)ccc2[nH]1. The number of fused-ring (bicyclic) bond motifs is 1. The Hall–Kier alpha value is -6.33. The van der Waals surface area contributed by atoms with E-state index in [9.17, 15) is 34.2 Å². The number of halogens is 1. The maximum absolute atomic E-state index is 14.1. The topological polar surface area (TPSA) is 219 Å². The Labute approximate surface area is 306 Å². The van der Waals surface area contributed by atoms with Gasteiger partial charge in [0.1, 0.15) is 18.1 Å². The van der Waals surface area contributed by atoms with E-state index in [-0.39, 0.29) is 43.9 Å². The normalized spacial score (nSPS) is 16.6. The minimum Gasteiger partial charge on any atom is -0.477 e. The van der Waals surface area contributed by atoms with Crippen molar-refractivity contribution in [1.82, 2.24) is 35.0 Å². The quantitative estimate of drug-likeness (QED) is 0.132. The Morgan fingerprint density at radius 3 is 2.45 bits per heavy atom. The van der Waals surface area contributed by atoms with Crippen LogP contribution in [-0.2, 0) is 20.8 Å². The summed E-state index contributed by atoms with van der Waals surface area (Å²) in [7, 11) is 0. The summed E-state index contributed by atoms with van der Waals surface area (Å²) in [5.41, 5.74) is 2.76. The number of piperazine rings is 1. The van der Waals surface area contributed by atoms with Crippen LogP contribution in [0.4, 0.5) is 21.9 Å². The highest BCUT2D eigenvalue weighted by Gasteiger charge is 2.41. The fraction of sp³-hybridized carbons (Fsp3) is 0.257. The molecule has 2 aliphatic rings. The summed E-state index contributed by atoms with van der Waals surface area (Å²) in [5.74, 6) is -3.51. The third-order valence-electron chi connectivity index (χ3n) is 9.36. The minimum atomic E-state index is -1.15. The van der Waals surface area contributed by atoms with Crippen LogP contribution in [-0.4, -0.2) is 113 Å². The molecule has 5 N–H and O–H groups in total. The number of urea groups is 1. The molecule has 18 heteroatoms. The molecule has 53 heavy (non-hydrogen) atoms. The van der Waals surface area contributed by atoms with Gasteiger partial charge in [-0.25, -0.2) is 9.59 Å². The molecule has 0 spiro atoms. The van der Waals surface area contributed by atoms with Crippen LogP contribution in [0, 0.1) is 0 Å². The molecule has 5 aromatic rings. The average molecular weight is 741 g/mol. The van der Waals surface area contributed by atoms with Gasteiger partial charge in [0, 0.05) is 53.4 Å². The molecule has 2 atom stereocenters. The lowest BCUT2D eigenvalue weighted by Gasteiger charge is -2.38. The van der Waals surface area contributed by atoms with Crippen LogP contribution < -0.4 is 15.5 Å². The molecule has 0 saturated carbocycles. The summed E-state index contributed by atoms with van der Waals surface area (Å²) in [6, 6.07) is 16.1. The number of aliphatic hydroxyl groups excluding tert-OH is 1. The lowest BCUT2D eigenvalue weighted by atomic mass is 10.0.